The van der Waals surface area contributed by atoms with Gasteiger partial charge in [0.1, 0.15) is 17.0 Å². The number of aromatic nitrogens is 4. The minimum Gasteiger partial charge on any atom is -0.275 e. The molecular weight excluding hydrogens is 286 g/mol. The summed E-state index contributed by atoms with van der Waals surface area (Å²) >= 11 is 0. The van der Waals surface area contributed by atoms with Crippen LogP contribution in [0.25, 0.3) is 33.1 Å². The van der Waals surface area contributed by atoms with E-state index in [1.165, 1.54) is 6.07 Å². The first kappa shape index (κ1) is 12.9. The van der Waals surface area contributed by atoms with Crippen LogP contribution in [0.1, 0.15) is 5.56 Å². The zero-order chi connectivity index (χ0) is 15.4. The fourth-order valence-corrected chi connectivity index (χ4v) is 2.88. The van der Waals surface area contributed by atoms with Crippen LogP contribution >= 0.6 is 0 Å². The number of fused-ring (bicyclic) bond motifs is 2. The third-order valence-electron chi connectivity index (χ3n) is 3.86. The van der Waals surface area contributed by atoms with Gasteiger partial charge in [-0.3, -0.25) is 4.68 Å². The Morgan fingerprint density at radius 3 is 2.73 bits per heavy atom. The first-order chi connectivity index (χ1) is 10.6. The summed E-state index contributed by atoms with van der Waals surface area (Å²) < 4.78 is 30.1. The van der Waals surface area contributed by atoms with E-state index in [0.717, 1.165) is 10.9 Å². The lowest BCUT2D eigenvalue weighted by Gasteiger charge is -2.01. The molecule has 0 saturated carbocycles. The maximum Gasteiger partial charge on any atom is 0.134 e. The summed E-state index contributed by atoms with van der Waals surface area (Å²) in [5.41, 5.74) is 2.51. The van der Waals surface area contributed by atoms with Crippen LogP contribution in [0.3, 0.4) is 0 Å². The smallest absolute Gasteiger partial charge is 0.134 e. The van der Waals surface area contributed by atoms with Crippen molar-refractivity contribution >= 4 is 21.8 Å². The molecule has 0 aliphatic rings. The molecule has 0 fully saturated rings. The molecule has 0 bridgehead atoms. The highest BCUT2D eigenvalue weighted by atomic mass is 19.2. The molecule has 0 N–H and O–H groups in total. The van der Waals surface area contributed by atoms with Crippen LogP contribution in [0.5, 0.6) is 0 Å². The quantitative estimate of drug-likeness (QED) is 0.536. The lowest BCUT2D eigenvalue weighted by Crippen LogP contribution is -1.87. The van der Waals surface area contributed by atoms with Crippen LogP contribution in [-0.4, -0.2) is 19.8 Å². The Balaban J connectivity index is 2.16. The van der Waals surface area contributed by atoms with Gasteiger partial charge in [0.2, 0.25) is 0 Å². The maximum absolute atomic E-state index is 14.3. The average molecular weight is 298 g/mol. The Morgan fingerprint density at radius 1 is 1.09 bits per heavy atom. The van der Waals surface area contributed by atoms with Gasteiger partial charge in [0.25, 0.3) is 0 Å². The number of nitrogens with zero attached hydrogens (tertiary/aromatic N) is 4. The van der Waals surface area contributed by atoms with E-state index in [1.54, 1.807) is 36.9 Å². The average Bonchev–Trinajstić information content (AvgIpc) is 3.02. The van der Waals surface area contributed by atoms with Crippen LogP contribution in [0.4, 0.5) is 8.87 Å². The maximum atomic E-state index is 14.3. The molecule has 2 heterocycles. The zero-order valence-electron chi connectivity index (χ0n) is 12.0. The minimum atomic E-state index is -0.486. The van der Waals surface area contributed by atoms with Gasteiger partial charge in [-0.05, 0) is 24.6 Å². The van der Waals surface area contributed by atoms with E-state index in [2.05, 4.69) is 10.2 Å². The summed E-state index contributed by atoms with van der Waals surface area (Å²) in [6, 6.07) is 8.35. The highest BCUT2D eigenvalue weighted by molar-refractivity contribution is 6.03. The second-order valence-electron chi connectivity index (χ2n) is 5.34. The number of aryl methyl sites for hydroxylation is 2. The first-order valence-corrected chi connectivity index (χ1v) is 6.83. The standard InChI is InChI=1S/C16H12F2N4/c1-9-6-7-12(17)14-15(20-22(18)16(9)14)10-4-3-5-13-11(10)8-21(2)19-13/h3-8H,1-2H3. The van der Waals surface area contributed by atoms with Gasteiger partial charge >= 0.3 is 0 Å². The van der Waals surface area contributed by atoms with Crippen molar-refractivity contribution in [1.29, 1.82) is 0 Å². The number of rotatable bonds is 1. The molecule has 0 saturated heterocycles. The molecule has 110 valence electrons. The highest BCUT2D eigenvalue weighted by Gasteiger charge is 2.20. The second-order valence-corrected chi connectivity index (χ2v) is 5.34. The van der Waals surface area contributed by atoms with E-state index in [4.69, 9.17) is 0 Å². The lowest BCUT2D eigenvalue weighted by molar-refractivity contribution is 0.333. The van der Waals surface area contributed by atoms with E-state index in [1.807, 2.05) is 12.3 Å². The number of halogens is 2. The fraction of sp³-hybridized carbons (Fsp3) is 0.125. The molecule has 6 heteroatoms. The first-order valence-electron chi connectivity index (χ1n) is 6.83. The third-order valence-corrected chi connectivity index (χ3v) is 3.86. The molecule has 0 amide bonds. The molecule has 2 aromatic heterocycles. The van der Waals surface area contributed by atoms with Gasteiger partial charge in [-0.2, -0.15) is 5.10 Å². The third kappa shape index (κ3) is 1.67. The molecule has 2 aromatic carbocycles. The van der Waals surface area contributed by atoms with Gasteiger partial charge in [0.05, 0.1) is 10.9 Å². The predicted octanol–water partition coefficient (Wildman–Crippen LogP) is 3.77. The molecule has 0 unspecified atom stereocenters. The van der Waals surface area contributed by atoms with Crippen LogP contribution in [0.2, 0.25) is 0 Å². The van der Waals surface area contributed by atoms with Gasteiger partial charge in [0.15, 0.2) is 0 Å². The summed E-state index contributed by atoms with van der Waals surface area (Å²) in [7, 11) is 1.81. The van der Waals surface area contributed by atoms with Crippen LogP contribution in [0.15, 0.2) is 36.5 Å². The number of benzene rings is 2. The molecule has 0 aliphatic heterocycles. The second kappa shape index (κ2) is 4.37. The Kier molecular flexibility index (Phi) is 2.57. The van der Waals surface area contributed by atoms with Crippen molar-refractivity contribution in [2.24, 2.45) is 7.05 Å². The molecule has 0 aliphatic carbocycles. The zero-order valence-corrected chi connectivity index (χ0v) is 12.0. The predicted molar refractivity (Wildman–Crippen MR) is 80.6 cm³/mol. The monoisotopic (exact) mass is 298 g/mol. The SMILES string of the molecule is Cc1ccc(F)c2c(-c3cccc4nn(C)cc34)nn(F)c12. The minimum absolute atomic E-state index is 0.163. The number of hydrogen-bond donors (Lipinski definition) is 0. The molecule has 4 rings (SSSR count). The van der Waals surface area contributed by atoms with Crippen molar-refractivity contribution in [3.63, 3.8) is 0 Å². The highest BCUT2D eigenvalue weighted by Crippen LogP contribution is 2.35. The van der Waals surface area contributed by atoms with Crippen molar-refractivity contribution in [2.75, 3.05) is 0 Å². The Hall–Kier alpha value is -2.76. The Labute approximate surface area is 124 Å². The molecule has 0 spiro atoms. The fourth-order valence-electron chi connectivity index (χ4n) is 2.88. The van der Waals surface area contributed by atoms with Crippen molar-refractivity contribution in [1.82, 2.24) is 19.8 Å². The molecule has 4 aromatic rings. The summed E-state index contributed by atoms with van der Waals surface area (Å²) in [4.78, 5) is 0.248. The van der Waals surface area contributed by atoms with Gasteiger partial charge in [-0.25, -0.2) is 4.39 Å². The van der Waals surface area contributed by atoms with Gasteiger partial charge in [-0.1, -0.05) is 27.6 Å². The Morgan fingerprint density at radius 2 is 1.91 bits per heavy atom. The topological polar surface area (TPSA) is 35.6 Å². The van der Waals surface area contributed by atoms with Crippen molar-refractivity contribution < 1.29 is 8.87 Å². The van der Waals surface area contributed by atoms with E-state index in [9.17, 15) is 8.87 Å². The lowest BCUT2D eigenvalue weighted by atomic mass is 10.0. The summed E-state index contributed by atoms with van der Waals surface area (Å²) in [6.45, 7) is 1.73. The van der Waals surface area contributed by atoms with Crippen LogP contribution in [0, 0.1) is 12.7 Å². The van der Waals surface area contributed by atoms with Crippen LogP contribution < -0.4 is 0 Å². The molecule has 4 nitrogen and oxygen atoms in total. The Bertz CT molecular complexity index is 1030. The van der Waals surface area contributed by atoms with Gasteiger partial charge in [0, 0.05) is 24.2 Å². The number of hydrogen-bond acceptors (Lipinski definition) is 2. The molecule has 0 radical (unpaired) electrons. The summed E-state index contributed by atoms with van der Waals surface area (Å²) in [5.74, 6) is -0.486. The summed E-state index contributed by atoms with van der Waals surface area (Å²) in [6.07, 6.45) is 1.82. The van der Waals surface area contributed by atoms with Gasteiger partial charge < -0.3 is 0 Å². The van der Waals surface area contributed by atoms with E-state index in [0.29, 0.717) is 11.1 Å². The van der Waals surface area contributed by atoms with E-state index in [-0.39, 0.29) is 21.5 Å². The van der Waals surface area contributed by atoms with Gasteiger partial charge in [-0.15, -0.1) is 5.10 Å². The van der Waals surface area contributed by atoms with Crippen LogP contribution in [-0.2, 0) is 7.05 Å². The van der Waals surface area contributed by atoms with Crippen molar-refractivity contribution in [3.8, 4) is 11.3 Å². The molecule has 0 atom stereocenters. The largest absolute Gasteiger partial charge is 0.275 e. The normalized spacial score (nSPS) is 11.6. The van der Waals surface area contributed by atoms with Crippen molar-refractivity contribution in [2.45, 2.75) is 6.92 Å². The molecule has 22 heavy (non-hydrogen) atoms. The summed E-state index contributed by atoms with van der Waals surface area (Å²) in [5, 5.41) is 9.24. The van der Waals surface area contributed by atoms with Crippen molar-refractivity contribution in [3.05, 3.63) is 47.9 Å². The van der Waals surface area contributed by atoms with E-state index < -0.39 is 5.82 Å². The van der Waals surface area contributed by atoms with E-state index >= 15 is 0 Å². The molecular formula is C16H12F2N4.